The Bertz CT molecular complexity index is 1270. The third-order valence-corrected chi connectivity index (χ3v) is 5.47. The first-order chi connectivity index (χ1) is 16.5. The van der Waals surface area contributed by atoms with Crippen molar-refractivity contribution in [3.05, 3.63) is 55.7 Å². The van der Waals surface area contributed by atoms with Crippen LogP contribution in [0.4, 0.5) is 0 Å². The number of likely N-dealkylation sites (N-methyl/N-ethyl adjacent to an activating group) is 1. The lowest BCUT2D eigenvalue weighted by Gasteiger charge is -2.48. The highest BCUT2D eigenvalue weighted by atomic mass is 16.5. The summed E-state index contributed by atoms with van der Waals surface area (Å²) in [7, 11) is 3.66. The molecule has 3 aromatic heterocycles. The molecule has 12 heteroatoms. The lowest BCUT2D eigenvalue weighted by Crippen LogP contribution is -2.56. The van der Waals surface area contributed by atoms with Crippen LogP contribution in [0.25, 0.3) is 16.8 Å². The maximum absolute atomic E-state index is 11.8. The molecule has 1 saturated carbocycles. The van der Waals surface area contributed by atoms with E-state index in [4.69, 9.17) is 19.9 Å². The molecule has 0 saturated heterocycles. The third kappa shape index (κ3) is 6.10. The van der Waals surface area contributed by atoms with E-state index in [1.165, 1.54) is 6.08 Å². The van der Waals surface area contributed by atoms with Gasteiger partial charge in [-0.3, -0.25) is 9.48 Å². The summed E-state index contributed by atoms with van der Waals surface area (Å²) in [4.78, 5) is 37.3. The number of ether oxygens (including phenoxy) is 1. The van der Waals surface area contributed by atoms with Gasteiger partial charge in [0, 0.05) is 56.9 Å². The maximum Gasteiger partial charge on any atom is 0.328 e. The van der Waals surface area contributed by atoms with Crippen molar-refractivity contribution in [2.24, 2.45) is 7.05 Å². The zero-order valence-electron chi connectivity index (χ0n) is 19.5. The van der Waals surface area contributed by atoms with E-state index in [9.17, 15) is 14.4 Å². The van der Waals surface area contributed by atoms with E-state index in [0.29, 0.717) is 18.0 Å². The lowest BCUT2D eigenvalue weighted by molar-refractivity contribution is -0.134. The van der Waals surface area contributed by atoms with Crippen molar-refractivity contribution in [3.63, 3.8) is 0 Å². The van der Waals surface area contributed by atoms with Gasteiger partial charge in [0.05, 0.1) is 24.3 Å². The smallest absolute Gasteiger partial charge is 0.328 e. The summed E-state index contributed by atoms with van der Waals surface area (Å²) in [5.74, 6) is -2.05. The number of nitrogens with zero attached hydrogens (tertiary/aromatic N) is 6. The van der Waals surface area contributed by atoms with E-state index in [1.807, 2.05) is 32.4 Å². The minimum absolute atomic E-state index is 0.0723. The molecule has 1 amide bonds. The number of rotatable bonds is 7. The lowest BCUT2D eigenvalue weighted by atomic mass is 9.76. The fourth-order valence-electron chi connectivity index (χ4n) is 3.66. The van der Waals surface area contributed by atoms with Crippen LogP contribution < -0.4 is 4.74 Å². The number of aliphatic carboxylic acids is 2. The summed E-state index contributed by atoms with van der Waals surface area (Å²) in [6, 6.07) is 2.02. The van der Waals surface area contributed by atoms with Crippen LogP contribution in [0.2, 0.25) is 0 Å². The van der Waals surface area contributed by atoms with E-state index in [0.717, 1.165) is 29.6 Å². The van der Waals surface area contributed by atoms with Crippen LogP contribution in [0.3, 0.4) is 0 Å². The molecule has 0 unspecified atom stereocenters. The summed E-state index contributed by atoms with van der Waals surface area (Å²) < 4.78 is 9.80. The van der Waals surface area contributed by atoms with Gasteiger partial charge in [0.15, 0.2) is 0 Å². The van der Waals surface area contributed by atoms with E-state index < -0.39 is 11.9 Å². The number of aromatic nitrogens is 5. The van der Waals surface area contributed by atoms with Gasteiger partial charge in [-0.2, -0.15) is 10.2 Å². The molecule has 3 heterocycles. The molecule has 0 atom stereocenters. The number of carboxylic acids is 2. The van der Waals surface area contributed by atoms with Crippen LogP contribution in [-0.4, -0.2) is 76.0 Å². The van der Waals surface area contributed by atoms with Gasteiger partial charge in [-0.25, -0.2) is 19.1 Å². The second-order valence-electron chi connectivity index (χ2n) is 8.27. The van der Waals surface area contributed by atoms with Crippen molar-refractivity contribution in [2.75, 3.05) is 7.05 Å². The van der Waals surface area contributed by atoms with Crippen molar-refractivity contribution in [1.29, 1.82) is 0 Å². The highest BCUT2D eigenvalue weighted by Gasteiger charge is 2.45. The number of carbonyl (C=O) groups excluding carboxylic acids is 1. The zero-order chi connectivity index (χ0) is 25.8. The molecule has 1 aliphatic carbocycles. The Hall–Kier alpha value is -4.48. The first kappa shape index (κ1) is 25.1. The van der Waals surface area contributed by atoms with Crippen LogP contribution >= 0.6 is 0 Å². The molecule has 2 N–H and O–H groups in total. The van der Waals surface area contributed by atoms with Gasteiger partial charge in [-0.1, -0.05) is 6.58 Å². The number of hydrogen-bond donors (Lipinski definition) is 2. The van der Waals surface area contributed by atoms with Crippen molar-refractivity contribution in [3.8, 4) is 17.1 Å². The first-order valence-corrected chi connectivity index (χ1v) is 10.6. The monoisotopic (exact) mass is 482 g/mol. The second-order valence-corrected chi connectivity index (χ2v) is 8.27. The molecule has 0 aromatic carbocycles. The summed E-state index contributed by atoms with van der Waals surface area (Å²) >= 11 is 0. The number of amides is 1. The summed E-state index contributed by atoms with van der Waals surface area (Å²) in [6.45, 7) is 5.59. The van der Waals surface area contributed by atoms with E-state index >= 15 is 0 Å². The fourth-order valence-corrected chi connectivity index (χ4v) is 3.66. The Kier molecular flexibility index (Phi) is 7.33. The summed E-state index contributed by atoms with van der Waals surface area (Å²) in [5, 5.41) is 24.2. The molecular weight excluding hydrogens is 456 g/mol. The quantitative estimate of drug-likeness (QED) is 0.480. The third-order valence-electron chi connectivity index (χ3n) is 5.47. The molecule has 12 nitrogen and oxygen atoms in total. The van der Waals surface area contributed by atoms with E-state index in [1.54, 1.807) is 33.5 Å². The van der Waals surface area contributed by atoms with Gasteiger partial charge >= 0.3 is 11.9 Å². The Balaban J connectivity index is 0.000000371. The SMILES string of the molecule is C=CC(=O)N(C)C1CC(C)(Oc2nc(-c3cnn(C)c3)cn3nccc23)C1.O=C(O)/C=C\C(=O)O. The molecule has 35 heavy (non-hydrogen) atoms. The van der Waals surface area contributed by atoms with E-state index in [-0.39, 0.29) is 17.6 Å². The summed E-state index contributed by atoms with van der Waals surface area (Å²) in [6.07, 6.45) is 11.2. The molecule has 184 valence electrons. The molecule has 4 rings (SSSR count). The van der Waals surface area contributed by atoms with Gasteiger partial charge < -0.3 is 19.8 Å². The highest BCUT2D eigenvalue weighted by Crippen LogP contribution is 2.40. The number of carboxylic acid groups (broad SMARTS) is 2. The normalized spacial score (nSPS) is 18.9. The molecule has 0 spiro atoms. The molecule has 3 aromatic rings. The number of hydrogen-bond acceptors (Lipinski definition) is 7. The van der Waals surface area contributed by atoms with Crippen LogP contribution in [0.5, 0.6) is 5.88 Å². The molecule has 1 aliphatic rings. The van der Waals surface area contributed by atoms with Crippen LogP contribution in [0.15, 0.2) is 55.7 Å². The van der Waals surface area contributed by atoms with Crippen LogP contribution in [0.1, 0.15) is 19.8 Å². The van der Waals surface area contributed by atoms with Gasteiger partial charge in [-0.05, 0) is 19.1 Å². The Morgan fingerprint density at radius 1 is 1.20 bits per heavy atom. The van der Waals surface area contributed by atoms with Gasteiger partial charge in [0.1, 0.15) is 11.1 Å². The average molecular weight is 482 g/mol. The molecule has 0 bridgehead atoms. The van der Waals surface area contributed by atoms with Crippen molar-refractivity contribution in [1.82, 2.24) is 29.3 Å². The average Bonchev–Trinajstić information content (AvgIpc) is 3.44. The summed E-state index contributed by atoms with van der Waals surface area (Å²) in [5.41, 5.74) is 2.06. The maximum atomic E-state index is 11.8. The van der Waals surface area contributed by atoms with Gasteiger partial charge in [0.25, 0.3) is 0 Å². The fraction of sp³-hybridized carbons (Fsp3) is 0.304. The van der Waals surface area contributed by atoms with Crippen LogP contribution in [0, 0.1) is 0 Å². The number of carbonyl (C=O) groups is 3. The Morgan fingerprint density at radius 3 is 2.40 bits per heavy atom. The number of fused-ring (bicyclic) bond motifs is 1. The van der Waals surface area contributed by atoms with E-state index in [2.05, 4.69) is 16.8 Å². The topological polar surface area (TPSA) is 152 Å². The minimum Gasteiger partial charge on any atom is -0.478 e. The predicted molar refractivity (Wildman–Crippen MR) is 125 cm³/mol. The molecule has 0 radical (unpaired) electrons. The Morgan fingerprint density at radius 2 is 1.86 bits per heavy atom. The largest absolute Gasteiger partial charge is 0.478 e. The molecule has 0 aliphatic heterocycles. The second kappa shape index (κ2) is 10.2. The molecular formula is C23H26N6O6. The first-order valence-electron chi connectivity index (χ1n) is 10.6. The Labute approximate surface area is 200 Å². The van der Waals surface area contributed by atoms with Crippen molar-refractivity contribution < 1.29 is 29.3 Å². The minimum atomic E-state index is -1.26. The van der Waals surface area contributed by atoms with Crippen molar-refractivity contribution >= 4 is 23.4 Å². The highest BCUT2D eigenvalue weighted by molar-refractivity contribution is 5.89. The van der Waals surface area contributed by atoms with Crippen molar-refractivity contribution in [2.45, 2.75) is 31.4 Å². The molecule has 1 fully saturated rings. The van der Waals surface area contributed by atoms with Gasteiger partial charge in [-0.15, -0.1) is 0 Å². The zero-order valence-corrected chi connectivity index (χ0v) is 19.5. The predicted octanol–water partition coefficient (Wildman–Crippen LogP) is 1.79. The standard InChI is InChI=1S/C19H22N6O2.C4H4O4/c1-5-17(26)24(4)14-8-19(2,9-14)27-18-16-6-7-20-25(16)12-15(22-18)13-10-21-23(3)11-13;5-3(6)1-2-4(7)8/h5-7,10-12,14H,1,8-9H2,2-4H3;1-2H,(H,5,6)(H,7,8)/b;2-1-. The van der Waals surface area contributed by atoms with Gasteiger partial charge in [0.2, 0.25) is 11.8 Å². The number of aryl methyl sites for hydroxylation is 1. The van der Waals surface area contributed by atoms with Crippen LogP contribution in [-0.2, 0) is 21.4 Å².